The lowest BCUT2D eigenvalue weighted by atomic mass is 9.99. The van der Waals surface area contributed by atoms with Gasteiger partial charge in [-0.3, -0.25) is 4.79 Å². The quantitative estimate of drug-likeness (QED) is 0.791. The Morgan fingerprint density at radius 3 is 2.62 bits per heavy atom. The van der Waals surface area contributed by atoms with E-state index in [-0.39, 0.29) is 17.8 Å². The number of hydrogen-bond acceptors (Lipinski definition) is 4. The summed E-state index contributed by atoms with van der Waals surface area (Å²) in [7, 11) is 0. The van der Waals surface area contributed by atoms with Crippen molar-refractivity contribution in [1.29, 1.82) is 0 Å². The Kier molecular flexibility index (Phi) is 5.41. The van der Waals surface area contributed by atoms with Crippen molar-refractivity contribution >= 4 is 11.6 Å². The second-order valence-corrected chi connectivity index (χ2v) is 7.55. The van der Waals surface area contributed by atoms with Gasteiger partial charge in [-0.15, -0.1) is 0 Å². The van der Waals surface area contributed by atoms with Crippen LogP contribution in [0.5, 0.6) is 5.75 Å². The van der Waals surface area contributed by atoms with E-state index in [0.29, 0.717) is 29.8 Å². The largest absolute Gasteiger partial charge is 0.434 e. The Hall–Kier alpha value is -2.67. The van der Waals surface area contributed by atoms with Gasteiger partial charge >= 0.3 is 6.61 Å². The summed E-state index contributed by atoms with van der Waals surface area (Å²) in [5, 5.41) is 3.44. The summed E-state index contributed by atoms with van der Waals surface area (Å²) in [6, 6.07) is 11.0. The number of anilines is 1. The number of nitrogens with one attached hydrogen (secondary N) is 1. The van der Waals surface area contributed by atoms with Crippen LogP contribution in [0.4, 0.5) is 14.5 Å². The van der Waals surface area contributed by atoms with Gasteiger partial charge in [0.05, 0.1) is 11.7 Å². The van der Waals surface area contributed by atoms with Crippen molar-refractivity contribution in [2.24, 2.45) is 0 Å². The molecule has 0 spiro atoms. The Labute approximate surface area is 168 Å². The number of nitrogens with zero attached hydrogens (tertiary/aromatic N) is 1. The molecule has 4 rings (SSSR count). The highest BCUT2D eigenvalue weighted by Crippen LogP contribution is 2.37. The number of alkyl halides is 2. The zero-order chi connectivity index (χ0) is 20.5. The SMILES string of the molecule is Cc1cc([C@H]2Nc3ccccc3C(=O)N2C[C@@H]2CCCO2)cc(C)c1OC(F)F. The predicted molar refractivity (Wildman–Crippen MR) is 105 cm³/mol. The molecule has 0 bridgehead atoms. The third-order valence-electron chi connectivity index (χ3n) is 5.45. The molecule has 0 radical (unpaired) electrons. The van der Waals surface area contributed by atoms with E-state index in [0.717, 1.165) is 24.1 Å². The number of hydrogen-bond donors (Lipinski definition) is 1. The number of rotatable bonds is 5. The average Bonchev–Trinajstić information content (AvgIpc) is 3.20. The first-order valence-electron chi connectivity index (χ1n) is 9.78. The second-order valence-electron chi connectivity index (χ2n) is 7.55. The van der Waals surface area contributed by atoms with E-state index in [1.165, 1.54) is 0 Å². The molecule has 1 N–H and O–H groups in total. The van der Waals surface area contributed by atoms with Gasteiger partial charge in [0.1, 0.15) is 11.9 Å². The Morgan fingerprint density at radius 2 is 1.97 bits per heavy atom. The van der Waals surface area contributed by atoms with Crippen LogP contribution in [0, 0.1) is 13.8 Å². The first-order valence-corrected chi connectivity index (χ1v) is 9.78. The van der Waals surface area contributed by atoms with Crippen LogP contribution in [0.15, 0.2) is 36.4 Å². The van der Waals surface area contributed by atoms with Crippen LogP contribution in [0.3, 0.4) is 0 Å². The molecule has 0 aliphatic carbocycles. The lowest BCUT2D eigenvalue weighted by Crippen LogP contribution is -2.46. The van der Waals surface area contributed by atoms with Crippen molar-refractivity contribution in [3.8, 4) is 5.75 Å². The fourth-order valence-corrected chi connectivity index (χ4v) is 4.17. The first-order chi connectivity index (χ1) is 13.9. The summed E-state index contributed by atoms with van der Waals surface area (Å²) in [4.78, 5) is 15.1. The molecule has 7 heteroatoms. The minimum atomic E-state index is -2.88. The molecular formula is C22H24F2N2O3. The molecule has 0 unspecified atom stereocenters. The molecule has 5 nitrogen and oxygen atoms in total. The van der Waals surface area contributed by atoms with Gasteiger partial charge in [0.15, 0.2) is 0 Å². The van der Waals surface area contributed by atoms with Crippen molar-refractivity contribution in [1.82, 2.24) is 4.90 Å². The van der Waals surface area contributed by atoms with E-state index in [2.05, 4.69) is 10.1 Å². The maximum Gasteiger partial charge on any atom is 0.387 e. The summed E-state index contributed by atoms with van der Waals surface area (Å²) >= 11 is 0. The van der Waals surface area contributed by atoms with Gasteiger partial charge in [-0.1, -0.05) is 12.1 Å². The monoisotopic (exact) mass is 402 g/mol. The Morgan fingerprint density at radius 1 is 1.24 bits per heavy atom. The van der Waals surface area contributed by atoms with Crippen molar-refractivity contribution < 1.29 is 23.0 Å². The molecular weight excluding hydrogens is 378 g/mol. The molecule has 154 valence electrons. The number of halogens is 2. The Balaban J connectivity index is 1.72. The summed E-state index contributed by atoms with van der Waals surface area (Å²) in [6.45, 7) is 1.77. The molecule has 29 heavy (non-hydrogen) atoms. The van der Waals surface area contributed by atoms with E-state index in [1.807, 2.05) is 18.2 Å². The summed E-state index contributed by atoms with van der Waals surface area (Å²) in [5.41, 5.74) is 3.40. The van der Waals surface area contributed by atoms with Crippen LogP contribution in [-0.2, 0) is 4.74 Å². The molecule has 2 aliphatic heterocycles. The zero-order valence-electron chi connectivity index (χ0n) is 16.5. The smallest absolute Gasteiger partial charge is 0.387 e. The van der Waals surface area contributed by atoms with Gasteiger partial charge in [-0.05, 0) is 67.6 Å². The fourth-order valence-electron chi connectivity index (χ4n) is 4.17. The van der Waals surface area contributed by atoms with Crippen molar-refractivity contribution in [3.63, 3.8) is 0 Å². The minimum Gasteiger partial charge on any atom is -0.434 e. The maximum atomic E-state index is 13.3. The highest BCUT2D eigenvalue weighted by Gasteiger charge is 2.35. The number of benzene rings is 2. The molecule has 1 amide bonds. The molecule has 1 fully saturated rings. The molecule has 2 aromatic carbocycles. The molecule has 1 saturated heterocycles. The summed E-state index contributed by atoms with van der Waals surface area (Å²) in [5.74, 6) is 0.111. The molecule has 0 aromatic heterocycles. The summed E-state index contributed by atoms with van der Waals surface area (Å²) < 4.78 is 35.9. The average molecular weight is 402 g/mol. The lowest BCUT2D eigenvalue weighted by Gasteiger charge is -2.39. The van der Waals surface area contributed by atoms with Gasteiger partial charge < -0.3 is 19.7 Å². The van der Waals surface area contributed by atoms with Crippen LogP contribution in [0.2, 0.25) is 0 Å². The van der Waals surface area contributed by atoms with E-state index in [9.17, 15) is 13.6 Å². The highest BCUT2D eigenvalue weighted by molar-refractivity contribution is 6.01. The molecule has 2 aliphatic rings. The normalized spacial score (nSPS) is 21.3. The zero-order valence-corrected chi connectivity index (χ0v) is 16.5. The van der Waals surface area contributed by atoms with Gasteiger partial charge in [0.25, 0.3) is 5.91 Å². The van der Waals surface area contributed by atoms with E-state index < -0.39 is 12.8 Å². The number of para-hydroxylation sites is 1. The second kappa shape index (κ2) is 7.99. The number of aryl methyl sites for hydroxylation is 2. The van der Waals surface area contributed by atoms with Crippen LogP contribution in [0.1, 0.15) is 46.1 Å². The third kappa shape index (κ3) is 3.92. The molecule has 2 aromatic rings. The third-order valence-corrected chi connectivity index (χ3v) is 5.45. The van der Waals surface area contributed by atoms with E-state index in [4.69, 9.17) is 4.74 Å². The first kappa shape index (κ1) is 19.6. The van der Waals surface area contributed by atoms with Gasteiger partial charge in [0.2, 0.25) is 0 Å². The van der Waals surface area contributed by atoms with Crippen LogP contribution in [-0.4, -0.2) is 36.7 Å². The van der Waals surface area contributed by atoms with Crippen molar-refractivity contribution in [2.45, 2.75) is 45.6 Å². The van der Waals surface area contributed by atoms with E-state index >= 15 is 0 Å². The molecule has 0 saturated carbocycles. The number of amides is 1. The topological polar surface area (TPSA) is 50.8 Å². The standard InChI is InChI=1S/C22H24F2N2O3/c1-13-10-15(11-14(2)19(13)29-22(23)24)20-25-18-8-4-3-7-17(18)21(27)26(20)12-16-6-5-9-28-16/h3-4,7-8,10-11,16,20,22,25H,5-6,9,12H2,1-2H3/t16-,20-/m0/s1. The number of ether oxygens (including phenoxy) is 2. The summed E-state index contributed by atoms with van der Waals surface area (Å²) in [6.07, 6.45) is 1.48. The van der Waals surface area contributed by atoms with E-state index in [1.54, 1.807) is 36.9 Å². The van der Waals surface area contributed by atoms with Gasteiger partial charge in [-0.2, -0.15) is 8.78 Å². The van der Waals surface area contributed by atoms with Crippen LogP contribution in [0.25, 0.3) is 0 Å². The van der Waals surface area contributed by atoms with Crippen molar-refractivity contribution in [3.05, 3.63) is 58.7 Å². The predicted octanol–water partition coefficient (Wildman–Crippen LogP) is 4.65. The van der Waals surface area contributed by atoms with Crippen LogP contribution >= 0.6 is 0 Å². The van der Waals surface area contributed by atoms with Gasteiger partial charge in [0, 0.05) is 18.8 Å². The minimum absolute atomic E-state index is 0.00264. The number of carbonyl (C=O) groups is 1. The van der Waals surface area contributed by atoms with Crippen molar-refractivity contribution in [2.75, 3.05) is 18.5 Å². The highest BCUT2D eigenvalue weighted by atomic mass is 19.3. The number of carbonyl (C=O) groups excluding carboxylic acids is 1. The lowest BCUT2D eigenvalue weighted by molar-refractivity contribution is -0.0507. The van der Waals surface area contributed by atoms with Gasteiger partial charge in [-0.25, -0.2) is 0 Å². The Bertz CT molecular complexity index is 890. The number of fused-ring (bicyclic) bond motifs is 1. The van der Waals surface area contributed by atoms with Crippen LogP contribution < -0.4 is 10.1 Å². The molecule has 2 heterocycles. The maximum absolute atomic E-state index is 13.3. The molecule has 2 atom stereocenters. The fraction of sp³-hybridized carbons (Fsp3) is 0.409.